The van der Waals surface area contributed by atoms with E-state index in [9.17, 15) is 9.59 Å². The number of nitrogens with zero attached hydrogens (tertiary/aromatic N) is 1. The van der Waals surface area contributed by atoms with Gasteiger partial charge in [0.25, 0.3) is 0 Å². The molecule has 0 aromatic carbocycles. The maximum atomic E-state index is 11.9. The molecule has 2 unspecified atom stereocenters. The number of nitrogens with one attached hydrogen (secondary N) is 3. The smallest absolute Gasteiger partial charge is 0.321 e. The van der Waals surface area contributed by atoms with Gasteiger partial charge in [0, 0.05) is 24.7 Å². The van der Waals surface area contributed by atoms with Crippen LogP contribution in [0, 0.1) is 0 Å². The molecule has 0 spiro atoms. The highest BCUT2D eigenvalue weighted by atomic mass is 16.2. The third kappa shape index (κ3) is 4.97. The Morgan fingerprint density at radius 1 is 1.24 bits per heavy atom. The maximum Gasteiger partial charge on any atom is 0.321 e. The number of likely N-dealkylation sites (N-methyl/N-ethyl adjacent to an activating group) is 1. The Labute approximate surface area is 127 Å². The summed E-state index contributed by atoms with van der Waals surface area (Å²) in [6.45, 7) is 2.96. The first-order valence-corrected chi connectivity index (χ1v) is 8.12. The van der Waals surface area contributed by atoms with Gasteiger partial charge < -0.3 is 10.6 Å². The summed E-state index contributed by atoms with van der Waals surface area (Å²) < 4.78 is 0. The lowest BCUT2D eigenvalue weighted by molar-refractivity contribution is -0.121. The molecule has 6 heteroatoms. The van der Waals surface area contributed by atoms with E-state index in [1.165, 1.54) is 12.8 Å². The molecular weight excluding hydrogens is 268 g/mol. The van der Waals surface area contributed by atoms with E-state index in [2.05, 4.69) is 27.8 Å². The first kappa shape index (κ1) is 16.2. The fraction of sp³-hybridized carbons (Fsp3) is 0.867. The second-order valence-electron chi connectivity index (χ2n) is 6.34. The number of carbonyl (C=O) groups excluding carboxylic acids is 2. The summed E-state index contributed by atoms with van der Waals surface area (Å²) >= 11 is 0. The quantitative estimate of drug-likeness (QED) is 0.635. The zero-order valence-corrected chi connectivity index (χ0v) is 13.2. The number of piperidine rings is 1. The average Bonchev–Trinajstić information content (AvgIpc) is 2.77. The van der Waals surface area contributed by atoms with E-state index in [0.29, 0.717) is 24.7 Å². The molecule has 0 radical (unpaired) electrons. The van der Waals surface area contributed by atoms with Crippen LogP contribution < -0.4 is 16.0 Å². The highest BCUT2D eigenvalue weighted by molar-refractivity contribution is 5.95. The molecular formula is C15H28N4O2. The zero-order valence-electron chi connectivity index (χ0n) is 13.2. The molecule has 2 fully saturated rings. The van der Waals surface area contributed by atoms with Crippen molar-refractivity contribution in [2.75, 3.05) is 20.1 Å². The number of imide groups is 1. The third-order valence-electron chi connectivity index (χ3n) is 4.53. The van der Waals surface area contributed by atoms with E-state index in [-0.39, 0.29) is 18.5 Å². The number of urea groups is 1. The highest BCUT2D eigenvalue weighted by Gasteiger charge is 2.35. The van der Waals surface area contributed by atoms with Crippen molar-refractivity contribution < 1.29 is 9.59 Å². The summed E-state index contributed by atoms with van der Waals surface area (Å²) in [5, 5.41) is 8.69. The maximum absolute atomic E-state index is 11.9. The molecule has 0 aromatic heterocycles. The Hall–Kier alpha value is -1.14. The molecule has 0 saturated carbocycles. The van der Waals surface area contributed by atoms with Crippen molar-refractivity contribution in [3.05, 3.63) is 0 Å². The number of hydrogen-bond acceptors (Lipinski definition) is 4. The molecule has 6 nitrogen and oxygen atoms in total. The highest BCUT2D eigenvalue weighted by Crippen LogP contribution is 2.28. The lowest BCUT2D eigenvalue weighted by Crippen LogP contribution is -2.50. The molecule has 2 atom stereocenters. The van der Waals surface area contributed by atoms with Crippen molar-refractivity contribution in [2.45, 2.75) is 63.6 Å². The van der Waals surface area contributed by atoms with Gasteiger partial charge in [-0.1, -0.05) is 13.3 Å². The van der Waals surface area contributed by atoms with Gasteiger partial charge in [-0.15, -0.1) is 0 Å². The van der Waals surface area contributed by atoms with Gasteiger partial charge in [-0.2, -0.15) is 0 Å². The molecule has 3 amide bonds. The van der Waals surface area contributed by atoms with Crippen LogP contribution in [-0.2, 0) is 4.79 Å². The number of hydrogen-bond donors (Lipinski definition) is 3. The van der Waals surface area contributed by atoms with Gasteiger partial charge in [-0.3, -0.25) is 15.0 Å². The molecule has 2 bridgehead atoms. The predicted molar refractivity (Wildman–Crippen MR) is 82.0 cm³/mol. The molecule has 2 aliphatic rings. The molecule has 21 heavy (non-hydrogen) atoms. The van der Waals surface area contributed by atoms with E-state index in [4.69, 9.17) is 0 Å². The first-order valence-electron chi connectivity index (χ1n) is 8.12. The van der Waals surface area contributed by atoms with Crippen LogP contribution in [0.4, 0.5) is 4.79 Å². The molecule has 0 aromatic rings. The Morgan fingerprint density at radius 3 is 2.52 bits per heavy atom. The van der Waals surface area contributed by atoms with Crippen LogP contribution in [0.25, 0.3) is 0 Å². The molecule has 2 aliphatic heterocycles. The van der Waals surface area contributed by atoms with Crippen LogP contribution in [0.2, 0.25) is 0 Å². The number of carbonyl (C=O) groups is 2. The molecule has 2 saturated heterocycles. The minimum absolute atomic E-state index is 0.225. The van der Waals surface area contributed by atoms with Gasteiger partial charge >= 0.3 is 6.03 Å². The fourth-order valence-electron chi connectivity index (χ4n) is 3.33. The van der Waals surface area contributed by atoms with Gasteiger partial charge in [0.1, 0.15) is 0 Å². The third-order valence-corrected chi connectivity index (χ3v) is 4.53. The van der Waals surface area contributed by atoms with Crippen molar-refractivity contribution in [1.82, 2.24) is 20.9 Å². The van der Waals surface area contributed by atoms with Crippen LogP contribution in [0.1, 0.15) is 45.4 Å². The van der Waals surface area contributed by atoms with E-state index < -0.39 is 0 Å². The normalized spacial score (nSPS) is 27.7. The van der Waals surface area contributed by atoms with Crippen LogP contribution in [0.5, 0.6) is 0 Å². The predicted octanol–water partition coefficient (Wildman–Crippen LogP) is 0.827. The van der Waals surface area contributed by atoms with Crippen LogP contribution in [-0.4, -0.2) is 55.1 Å². The summed E-state index contributed by atoms with van der Waals surface area (Å²) in [6, 6.07) is 1.28. The molecule has 2 heterocycles. The number of unbranched alkanes of at least 4 members (excludes halogenated alkanes) is 1. The van der Waals surface area contributed by atoms with Gasteiger partial charge in [0.05, 0.1) is 6.54 Å². The Balaban J connectivity index is 1.68. The van der Waals surface area contributed by atoms with Gasteiger partial charge in [0.2, 0.25) is 5.91 Å². The zero-order chi connectivity index (χ0) is 15.2. The molecule has 3 N–H and O–H groups in total. The van der Waals surface area contributed by atoms with Gasteiger partial charge in [-0.05, 0) is 39.2 Å². The molecule has 120 valence electrons. The fourth-order valence-corrected chi connectivity index (χ4v) is 3.33. The van der Waals surface area contributed by atoms with Crippen molar-refractivity contribution >= 4 is 11.9 Å². The summed E-state index contributed by atoms with van der Waals surface area (Å²) in [5.74, 6) is -0.225. The monoisotopic (exact) mass is 296 g/mol. The topological polar surface area (TPSA) is 73.5 Å². The largest absolute Gasteiger partial charge is 0.338 e. The van der Waals surface area contributed by atoms with Crippen molar-refractivity contribution in [3.8, 4) is 0 Å². The Morgan fingerprint density at radius 2 is 1.90 bits per heavy atom. The second-order valence-corrected chi connectivity index (χ2v) is 6.34. The van der Waals surface area contributed by atoms with Crippen LogP contribution in [0.3, 0.4) is 0 Å². The van der Waals surface area contributed by atoms with Crippen LogP contribution >= 0.6 is 0 Å². The van der Waals surface area contributed by atoms with Gasteiger partial charge in [-0.25, -0.2) is 4.79 Å². The minimum Gasteiger partial charge on any atom is -0.338 e. The standard InChI is InChI=1S/C15H28N4O2/c1-3-4-7-16-15(21)18-14(20)10-19(2)13-8-11-5-6-12(9-13)17-11/h11-13,17H,3-10H2,1-2H3,(H2,16,18,20,21). The Bertz CT molecular complexity index is 363. The number of amides is 3. The molecule has 2 rings (SSSR count). The molecule has 0 aliphatic carbocycles. The van der Waals surface area contributed by atoms with Crippen LogP contribution in [0.15, 0.2) is 0 Å². The van der Waals surface area contributed by atoms with E-state index in [1.54, 1.807) is 0 Å². The second kappa shape index (κ2) is 7.75. The minimum atomic E-state index is -0.382. The van der Waals surface area contributed by atoms with Crippen molar-refractivity contribution in [1.29, 1.82) is 0 Å². The number of fused-ring (bicyclic) bond motifs is 2. The Kier molecular flexibility index (Phi) is 5.99. The summed E-state index contributed by atoms with van der Waals surface area (Å²) in [6.07, 6.45) is 6.66. The van der Waals surface area contributed by atoms with E-state index in [0.717, 1.165) is 25.7 Å². The lowest BCUT2D eigenvalue weighted by atomic mass is 9.98. The van der Waals surface area contributed by atoms with Gasteiger partial charge in [0.15, 0.2) is 0 Å². The van der Waals surface area contributed by atoms with E-state index in [1.807, 2.05) is 7.05 Å². The van der Waals surface area contributed by atoms with E-state index >= 15 is 0 Å². The average molecular weight is 296 g/mol. The van der Waals surface area contributed by atoms with Crippen molar-refractivity contribution in [3.63, 3.8) is 0 Å². The summed E-state index contributed by atoms with van der Waals surface area (Å²) in [4.78, 5) is 25.5. The number of rotatable bonds is 6. The van der Waals surface area contributed by atoms with Crippen molar-refractivity contribution in [2.24, 2.45) is 0 Å². The summed E-state index contributed by atoms with van der Waals surface area (Å²) in [5.41, 5.74) is 0. The summed E-state index contributed by atoms with van der Waals surface area (Å²) in [7, 11) is 1.98. The lowest BCUT2D eigenvalue weighted by Gasteiger charge is -2.35. The first-order chi connectivity index (χ1) is 10.1. The SMILES string of the molecule is CCCCNC(=O)NC(=O)CN(C)C1CC2CCC(C1)N2.